The van der Waals surface area contributed by atoms with Gasteiger partial charge in [-0.25, -0.2) is 4.98 Å². The van der Waals surface area contributed by atoms with Crippen LogP contribution < -0.4 is 0 Å². The number of rotatable bonds is 4. The maximum absolute atomic E-state index is 6.08. The van der Waals surface area contributed by atoms with Gasteiger partial charge < -0.3 is 9.40 Å². The van der Waals surface area contributed by atoms with Crippen molar-refractivity contribution in [3.63, 3.8) is 0 Å². The molecule has 96 valence electrons. The van der Waals surface area contributed by atoms with E-state index in [2.05, 4.69) is 9.97 Å². The molecule has 0 spiro atoms. The van der Waals surface area contributed by atoms with Crippen LogP contribution in [0, 0.1) is 0 Å². The number of aryl methyl sites for hydroxylation is 2. The fraction of sp³-hybridized carbons (Fsp3) is 0.133. The predicted octanol–water partition coefficient (Wildman–Crippen LogP) is 4.11. The SMILES string of the molecule is Clc1ccc(-c2ccco2)c(CCc2ncc[nH]2)c1. The van der Waals surface area contributed by atoms with Crippen molar-refractivity contribution < 1.29 is 4.42 Å². The Morgan fingerprint density at radius 3 is 2.89 bits per heavy atom. The molecule has 0 saturated heterocycles. The van der Waals surface area contributed by atoms with Gasteiger partial charge in [-0.3, -0.25) is 0 Å². The monoisotopic (exact) mass is 272 g/mol. The van der Waals surface area contributed by atoms with Crippen LogP contribution in [0.25, 0.3) is 11.3 Å². The van der Waals surface area contributed by atoms with E-state index in [1.165, 1.54) is 5.56 Å². The number of nitrogens with one attached hydrogen (secondary N) is 1. The normalized spacial score (nSPS) is 10.8. The van der Waals surface area contributed by atoms with E-state index in [9.17, 15) is 0 Å². The van der Waals surface area contributed by atoms with Gasteiger partial charge >= 0.3 is 0 Å². The van der Waals surface area contributed by atoms with Crippen molar-refractivity contribution in [1.29, 1.82) is 0 Å². The predicted molar refractivity (Wildman–Crippen MR) is 75.1 cm³/mol. The standard InChI is InChI=1S/C15H13ClN2O/c16-12-4-5-13(14-2-1-9-19-14)11(10-12)3-6-15-17-7-8-18-15/h1-2,4-5,7-10H,3,6H2,(H,17,18). The first kappa shape index (κ1) is 12.1. The van der Waals surface area contributed by atoms with E-state index in [0.717, 1.165) is 35.0 Å². The van der Waals surface area contributed by atoms with Crippen molar-refractivity contribution in [1.82, 2.24) is 9.97 Å². The second-order valence-electron chi connectivity index (χ2n) is 4.31. The third-order valence-electron chi connectivity index (χ3n) is 3.04. The molecule has 19 heavy (non-hydrogen) atoms. The lowest BCUT2D eigenvalue weighted by atomic mass is 10.0. The van der Waals surface area contributed by atoms with E-state index in [1.54, 1.807) is 12.5 Å². The molecule has 0 aliphatic heterocycles. The Morgan fingerprint density at radius 2 is 2.16 bits per heavy atom. The van der Waals surface area contributed by atoms with Crippen molar-refractivity contribution >= 4 is 11.6 Å². The van der Waals surface area contributed by atoms with Crippen LogP contribution in [0.15, 0.2) is 53.4 Å². The lowest BCUT2D eigenvalue weighted by molar-refractivity contribution is 0.581. The molecule has 2 heterocycles. The van der Waals surface area contributed by atoms with Gasteiger partial charge in [-0.05, 0) is 42.3 Å². The molecule has 0 radical (unpaired) electrons. The number of aromatic nitrogens is 2. The first-order valence-electron chi connectivity index (χ1n) is 6.13. The quantitative estimate of drug-likeness (QED) is 0.777. The van der Waals surface area contributed by atoms with Gasteiger partial charge in [0, 0.05) is 29.4 Å². The molecule has 3 rings (SSSR count). The molecule has 0 bridgehead atoms. The second kappa shape index (κ2) is 5.33. The van der Waals surface area contributed by atoms with Gasteiger partial charge in [0.15, 0.2) is 0 Å². The number of imidazole rings is 1. The molecule has 1 aromatic carbocycles. The maximum atomic E-state index is 6.08. The minimum Gasteiger partial charge on any atom is -0.464 e. The van der Waals surface area contributed by atoms with Crippen LogP contribution in [-0.2, 0) is 12.8 Å². The zero-order valence-corrected chi connectivity index (χ0v) is 11.0. The lowest BCUT2D eigenvalue weighted by Gasteiger charge is -2.07. The summed E-state index contributed by atoms with van der Waals surface area (Å²) in [5, 5.41) is 0.741. The molecule has 0 amide bonds. The maximum Gasteiger partial charge on any atom is 0.134 e. The van der Waals surface area contributed by atoms with E-state index < -0.39 is 0 Å². The van der Waals surface area contributed by atoms with Gasteiger partial charge in [0.2, 0.25) is 0 Å². The fourth-order valence-electron chi connectivity index (χ4n) is 2.13. The van der Waals surface area contributed by atoms with E-state index >= 15 is 0 Å². The summed E-state index contributed by atoms with van der Waals surface area (Å²) in [6, 6.07) is 9.72. The van der Waals surface area contributed by atoms with E-state index in [4.69, 9.17) is 16.0 Å². The van der Waals surface area contributed by atoms with Gasteiger partial charge in [-0.1, -0.05) is 11.6 Å². The van der Waals surface area contributed by atoms with Gasteiger partial charge in [-0.15, -0.1) is 0 Å². The molecule has 4 heteroatoms. The molecule has 0 atom stereocenters. The largest absolute Gasteiger partial charge is 0.464 e. The molecular formula is C15H13ClN2O. The first-order chi connectivity index (χ1) is 9.33. The third-order valence-corrected chi connectivity index (χ3v) is 3.28. The number of furan rings is 1. The number of hydrogen-bond donors (Lipinski definition) is 1. The number of aromatic amines is 1. The Hall–Kier alpha value is -2.00. The van der Waals surface area contributed by atoms with Gasteiger partial charge in [0.1, 0.15) is 11.6 Å². The van der Waals surface area contributed by atoms with Gasteiger partial charge in [0.25, 0.3) is 0 Å². The highest BCUT2D eigenvalue weighted by molar-refractivity contribution is 6.30. The second-order valence-corrected chi connectivity index (χ2v) is 4.75. The van der Waals surface area contributed by atoms with Gasteiger partial charge in [0.05, 0.1) is 6.26 Å². The molecular weight excluding hydrogens is 260 g/mol. The molecule has 0 unspecified atom stereocenters. The number of hydrogen-bond acceptors (Lipinski definition) is 2. The summed E-state index contributed by atoms with van der Waals surface area (Å²) >= 11 is 6.08. The Bertz CT molecular complexity index is 645. The summed E-state index contributed by atoms with van der Waals surface area (Å²) in [5.41, 5.74) is 2.25. The minimum atomic E-state index is 0.741. The zero-order valence-electron chi connectivity index (χ0n) is 10.3. The summed E-state index contributed by atoms with van der Waals surface area (Å²) in [7, 11) is 0. The molecule has 0 saturated carbocycles. The Labute approximate surface area is 116 Å². The summed E-state index contributed by atoms with van der Waals surface area (Å²) in [6.45, 7) is 0. The van der Waals surface area contributed by atoms with Crippen LogP contribution in [0.4, 0.5) is 0 Å². The van der Waals surface area contributed by atoms with E-state index in [1.807, 2.05) is 36.5 Å². The molecule has 3 aromatic rings. The highest BCUT2D eigenvalue weighted by atomic mass is 35.5. The average molecular weight is 273 g/mol. The van der Waals surface area contributed by atoms with E-state index in [-0.39, 0.29) is 0 Å². The van der Waals surface area contributed by atoms with Crippen LogP contribution in [0.5, 0.6) is 0 Å². The van der Waals surface area contributed by atoms with Crippen molar-refractivity contribution in [2.24, 2.45) is 0 Å². The summed E-state index contributed by atoms with van der Waals surface area (Å²) < 4.78 is 5.47. The van der Waals surface area contributed by atoms with Crippen LogP contribution in [0.3, 0.4) is 0 Å². The number of nitrogens with zero attached hydrogens (tertiary/aromatic N) is 1. The van der Waals surface area contributed by atoms with Crippen LogP contribution in [0.2, 0.25) is 5.02 Å². The number of halogens is 1. The topological polar surface area (TPSA) is 41.8 Å². The van der Waals surface area contributed by atoms with Crippen molar-refractivity contribution in [2.75, 3.05) is 0 Å². The van der Waals surface area contributed by atoms with Gasteiger partial charge in [-0.2, -0.15) is 0 Å². The molecule has 2 aromatic heterocycles. The van der Waals surface area contributed by atoms with Crippen LogP contribution in [0.1, 0.15) is 11.4 Å². The molecule has 1 N–H and O–H groups in total. The Kier molecular flexibility index (Phi) is 3.38. The number of H-pyrrole nitrogens is 1. The minimum absolute atomic E-state index is 0.741. The molecule has 0 fully saturated rings. The molecule has 0 aliphatic carbocycles. The smallest absolute Gasteiger partial charge is 0.134 e. The van der Waals surface area contributed by atoms with Crippen molar-refractivity contribution in [3.05, 3.63) is 65.4 Å². The van der Waals surface area contributed by atoms with Crippen LogP contribution in [-0.4, -0.2) is 9.97 Å². The first-order valence-corrected chi connectivity index (χ1v) is 6.51. The third kappa shape index (κ3) is 2.71. The van der Waals surface area contributed by atoms with Crippen molar-refractivity contribution in [2.45, 2.75) is 12.8 Å². The summed E-state index contributed by atoms with van der Waals surface area (Å²) in [4.78, 5) is 7.34. The number of benzene rings is 1. The fourth-order valence-corrected chi connectivity index (χ4v) is 2.32. The highest BCUT2D eigenvalue weighted by Gasteiger charge is 2.09. The average Bonchev–Trinajstić information content (AvgIpc) is 3.10. The molecule has 0 aliphatic rings. The summed E-state index contributed by atoms with van der Waals surface area (Å²) in [5.74, 6) is 1.84. The van der Waals surface area contributed by atoms with Crippen molar-refractivity contribution in [3.8, 4) is 11.3 Å². The zero-order chi connectivity index (χ0) is 13.1. The Balaban J connectivity index is 1.88. The Morgan fingerprint density at radius 1 is 1.21 bits per heavy atom. The lowest BCUT2D eigenvalue weighted by Crippen LogP contribution is -1.96. The van der Waals surface area contributed by atoms with E-state index in [0.29, 0.717) is 0 Å². The van der Waals surface area contributed by atoms with Crippen LogP contribution >= 0.6 is 11.6 Å². The summed E-state index contributed by atoms with van der Waals surface area (Å²) in [6.07, 6.45) is 6.99. The molecule has 3 nitrogen and oxygen atoms in total. The highest BCUT2D eigenvalue weighted by Crippen LogP contribution is 2.27.